The first-order chi connectivity index (χ1) is 19.3. The number of ether oxygens (including phenoxy) is 2. The minimum Gasteiger partial charge on any atom is -0.462 e. The summed E-state index contributed by atoms with van der Waals surface area (Å²) in [6.45, 7) is 9.97. The van der Waals surface area contributed by atoms with E-state index in [0.717, 1.165) is 41.3 Å². The topological polar surface area (TPSA) is 112 Å². The fraction of sp³-hybridized carbons (Fsp3) is 0.621. The average molecular weight is 587 g/mol. The Morgan fingerprint density at radius 1 is 1.07 bits per heavy atom. The zero-order valence-electron chi connectivity index (χ0n) is 23.5. The van der Waals surface area contributed by atoms with Crippen LogP contribution < -0.4 is 5.32 Å². The van der Waals surface area contributed by atoms with E-state index in [-0.39, 0.29) is 40.3 Å². The number of esters is 2. The number of hydrogen-bond donors (Lipinski definition) is 1. The first-order valence-corrected chi connectivity index (χ1v) is 16.0. The van der Waals surface area contributed by atoms with Crippen molar-refractivity contribution in [3.63, 3.8) is 0 Å². The fourth-order valence-electron chi connectivity index (χ4n) is 7.45. The molecule has 2 aromatic rings. The lowest BCUT2D eigenvalue weighted by atomic mass is 9.49. The van der Waals surface area contributed by atoms with E-state index in [4.69, 9.17) is 9.47 Å². The van der Waals surface area contributed by atoms with Gasteiger partial charge in [0.05, 0.1) is 24.5 Å². The van der Waals surface area contributed by atoms with Gasteiger partial charge in [-0.15, -0.1) is 28.1 Å². The van der Waals surface area contributed by atoms with Crippen molar-refractivity contribution in [3.8, 4) is 0 Å². The molecule has 9 nitrogen and oxygen atoms in total. The number of hydrogen-bond acceptors (Lipinski definition) is 9. The fourth-order valence-corrected chi connectivity index (χ4v) is 9.32. The standard InChI is InChI=1S/C29H38N4O5S2/c1-5-8-33-21(15-29-12-18-9-19(13-29)11-20(10-18)14-29)31-32-28(33)39-16-22(34)30-25-23(26(35)37-6-2)17(4)24(40-25)27(36)38-7-3/h5,18-20H,1,6-16H2,2-4H3,(H,30,34). The molecule has 2 aromatic heterocycles. The maximum Gasteiger partial charge on any atom is 0.348 e. The lowest BCUT2D eigenvalue weighted by Crippen LogP contribution is -2.47. The van der Waals surface area contributed by atoms with Crippen molar-refractivity contribution < 1.29 is 23.9 Å². The summed E-state index contributed by atoms with van der Waals surface area (Å²) in [6, 6.07) is 0. The molecular weight excluding hydrogens is 548 g/mol. The highest BCUT2D eigenvalue weighted by Crippen LogP contribution is 2.61. The van der Waals surface area contributed by atoms with Gasteiger partial charge < -0.3 is 19.4 Å². The zero-order chi connectivity index (χ0) is 28.4. The first kappa shape index (κ1) is 28.9. The molecule has 6 rings (SSSR count). The molecule has 4 saturated carbocycles. The molecule has 4 bridgehead atoms. The van der Waals surface area contributed by atoms with E-state index in [1.54, 1.807) is 20.8 Å². The number of amides is 1. The van der Waals surface area contributed by atoms with Gasteiger partial charge in [-0.05, 0) is 88.0 Å². The van der Waals surface area contributed by atoms with Gasteiger partial charge in [0.2, 0.25) is 5.91 Å². The van der Waals surface area contributed by atoms with Crippen LogP contribution in [0.5, 0.6) is 0 Å². The molecule has 4 aliphatic rings. The predicted molar refractivity (Wildman–Crippen MR) is 155 cm³/mol. The average Bonchev–Trinajstić information content (AvgIpc) is 3.41. The van der Waals surface area contributed by atoms with Gasteiger partial charge in [-0.2, -0.15) is 0 Å². The largest absolute Gasteiger partial charge is 0.462 e. The van der Waals surface area contributed by atoms with Crippen molar-refractivity contribution >= 4 is 45.9 Å². The second-order valence-corrected chi connectivity index (χ2v) is 13.4. The van der Waals surface area contributed by atoms with Crippen LogP contribution in [0.1, 0.15) is 83.8 Å². The van der Waals surface area contributed by atoms with Crippen molar-refractivity contribution in [2.75, 3.05) is 24.3 Å². The van der Waals surface area contributed by atoms with Crippen LogP contribution in [0.3, 0.4) is 0 Å². The quantitative estimate of drug-likeness (QED) is 0.192. The third-order valence-electron chi connectivity index (χ3n) is 8.48. The number of rotatable bonds is 12. The van der Waals surface area contributed by atoms with Gasteiger partial charge in [-0.25, -0.2) is 9.59 Å². The monoisotopic (exact) mass is 586 g/mol. The van der Waals surface area contributed by atoms with Gasteiger partial charge in [0.25, 0.3) is 0 Å². The Morgan fingerprint density at radius 3 is 2.30 bits per heavy atom. The molecule has 0 saturated heterocycles. The maximum atomic E-state index is 13.0. The zero-order valence-corrected chi connectivity index (χ0v) is 25.1. The summed E-state index contributed by atoms with van der Waals surface area (Å²) in [5, 5.41) is 12.8. The third kappa shape index (κ3) is 5.86. The van der Waals surface area contributed by atoms with E-state index >= 15 is 0 Å². The molecule has 0 atom stereocenters. The summed E-state index contributed by atoms with van der Waals surface area (Å²) < 4.78 is 12.4. The van der Waals surface area contributed by atoms with Gasteiger partial charge in [0.1, 0.15) is 15.7 Å². The van der Waals surface area contributed by atoms with E-state index in [1.807, 2.05) is 6.08 Å². The molecule has 0 aromatic carbocycles. The van der Waals surface area contributed by atoms with E-state index in [9.17, 15) is 14.4 Å². The number of thiophene rings is 1. The molecule has 4 aliphatic carbocycles. The number of carbonyl (C=O) groups excluding carboxylic acids is 3. The molecule has 216 valence electrons. The Labute approximate surface area is 243 Å². The molecular formula is C29H38N4O5S2. The molecule has 1 amide bonds. The molecule has 0 unspecified atom stereocenters. The highest BCUT2D eigenvalue weighted by atomic mass is 32.2. The number of allylic oxidation sites excluding steroid dienone is 1. The van der Waals surface area contributed by atoms with Crippen molar-refractivity contribution in [2.24, 2.45) is 23.2 Å². The second kappa shape index (κ2) is 12.1. The number of nitrogens with one attached hydrogen (secondary N) is 1. The van der Waals surface area contributed by atoms with Crippen molar-refractivity contribution in [1.29, 1.82) is 0 Å². The molecule has 0 spiro atoms. The summed E-state index contributed by atoms with van der Waals surface area (Å²) in [5.74, 6) is 2.20. The smallest absolute Gasteiger partial charge is 0.348 e. The van der Waals surface area contributed by atoms with Crippen molar-refractivity contribution in [3.05, 3.63) is 34.5 Å². The molecule has 1 N–H and O–H groups in total. The number of nitrogens with zero attached hydrogens (tertiary/aromatic N) is 3. The summed E-state index contributed by atoms with van der Waals surface area (Å²) >= 11 is 2.33. The number of anilines is 1. The Morgan fingerprint density at radius 2 is 1.70 bits per heavy atom. The van der Waals surface area contributed by atoms with Crippen LogP contribution in [0.4, 0.5) is 5.00 Å². The van der Waals surface area contributed by atoms with Crippen LogP contribution in [-0.4, -0.2) is 51.6 Å². The number of thioether (sulfide) groups is 1. The molecule has 0 aliphatic heterocycles. The van der Waals surface area contributed by atoms with Gasteiger partial charge in [0.15, 0.2) is 5.16 Å². The van der Waals surface area contributed by atoms with Gasteiger partial charge in [-0.3, -0.25) is 4.79 Å². The molecule has 2 heterocycles. The third-order valence-corrected chi connectivity index (χ3v) is 10.6. The Balaban J connectivity index is 1.28. The lowest BCUT2D eigenvalue weighted by Gasteiger charge is -2.56. The molecule has 0 radical (unpaired) electrons. The van der Waals surface area contributed by atoms with E-state index in [1.165, 1.54) is 50.3 Å². The maximum absolute atomic E-state index is 13.0. The minimum atomic E-state index is -0.588. The van der Waals surface area contributed by atoms with E-state index in [2.05, 4.69) is 26.7 Å². The van der Waals surface area contributed by atoms with Crippen molar-refractivity contribution in [1.82, 2.24) is 14.8 Å². The van der Waals surface area contributed by atoms with Crippen LogP contribution in [0.15, 0.2) is 17.8 Å². The van der Waals surface area contributed by atoms with E-state index < -0.39 is 11.9 Å². The van der Waals surface area contributed by atoms with Crippen LogP contribution >= 0.6 is 23.1 Å². The van der Waals surface area contributed by atoms with Crippen LogP contribution in [0.2, 0.25) is 0 Å². The lowest BCUT2D eigenvalue weighted by molar-refractivity contribution is -0.113. The first-order valence-electron chi connectivity index (χ1n) is 14.2. The number of aromatic nitrogens is 3. The predicted octanol–water partition coefficient (Wildman–Crippen LogP) is 5.68. The minimum absolute atomic E-state index is 0.0700. The van der Waals surface area contributed by atoms with Crippen LogP contribution in [0, 0.1) is 30.1 Å². The Bertz CT molecular complexity index is 1260. The summed E-state index contributed by atoms with van der Waals surface area (Å²) in [4.78, 5) is 38.4. The molecule has 11 heteroatoms. The van der Waals surface area contributed by atoms with Crippen LogP contribution in [-0.2, 0) is 27.2 Å². The second-order valence-electron chi connectivity index (χ2n) is 11.4. The van der Waals surface area contributed by atoms with Crippen molar-refractivity contribution in [2.45, 2.75) is 77.4 Å². The SMILES string of the molecule is C=CCn1c(CC23CC4CC(CC(C4)C2)C3)nnc1SCC(=O)Nc1sc(C(=O)OCC)c(C)c1C(=O)OCC. The normalized spacial score (nSPS) is 24.6. The highest BCUT2D eigenvalue weighted by Gasteiger charge is 2.51. The van der Waals surface area contributed by atoms with Gasteiger partial charge in [0, 0.05) is 13.0 Å². The summed E-state index contributed by atoms with van der Waals surface area (Å²) in [6.07, 6.45) is 10.9. The summed E-state index contributed by atoms with van der Waals surface area (Å²) in [7, 11) is 0. The summed E-state index contributed by atoms with van der Waals surface area (Å²) in [5.41, 5.74) is 0.947. The van der Waals surface area contributed by atoms with Gasteiger partial charge >= 0.3 is 11.9 Å². The molecule has 4 fully saturated rings. The van der Waals surface area contributed by atoms with Gasteiger partial charge in [-0.1, -0.05) is 17.8 Å². The van der Waals surface area contributed by atoms with Crippen LogP contribution in [0.25, 0.3) is 0 Å². The Hall–Kier alpha value is -2.66. The molecule has 40 heavy (non-hydrogen) atoms. The Kier molecular flexibility index (Phi) is 8.70. The highest BCUT2D eigenvalue weighted by molar-refractivity contribution is 7.99. The number of carbonyl (C=O) groups is 3. The van der Waals surface area contributed by atoms with E-state index in [0.29, 0.717) is 22.7 Å².